The van der Waals surface area contributed by atoms with Crippen LogP contribution in [0.2, 0.25) is 0 Å². The fourth-order valence-corrected chi connectivity index (χ4v) is 1.81. The molecule has 0 saturated heterocycles. The number of esters is 2. The van der Waals surface area contributed by atoms with E-state index in [0.29, 0.717) is 6.42 Å². The van der Waals surface area contributed by atoms with Gasteiger partial charge in [0.15, 0.2) is 5.54 Å². The number of hydrogen-bond acceptors (Lipinski definition) is 5. The first-order chi connectivity index (χ1) is 9.04. The average molecular weight is 265 g/mol. The zero-order chi connectivity index (χ0) is 14.3. The maximum Gasteiger partial charge on any atom is 0.329 e. The van der Waals surface area contributed by atoms with E-state index in [1.54, 1.807) is 7.05 Å². The molecule has 5 nitrogen and oxygen atoms in total. The Kier molecular flexibility index (Phi) is 5.51. The quantitative estimate of drug-likeness (QED) is 0.775. The predicted molar refractivity (Wildman–Crippen MR) is 70.6 cm³/mol. The van der Waals surface area contributed by atoms with Gasteiger partial charge in [-0.05, 0) is 12.6 Å². The van der Waals surface area contributed by atoms with Crippen molar-refractivity contribution in [3.8, 4) is 0 Å². The predicted octanol–water partition coefficient (Wildman–Crippen LogP) is 0.923. The number of carbonyl (C=O) groups excluding carboxylic acids is 2. The second-order valence-electron chi connectivity index (χ2n) is 4.27. The fourth-order valence-electron chi connectivity index (χ4n) is 1.81. The van der Waals surface area contributed by atoms with Gasteiger partial charge in [0.1, 0.15) is 6.61 Å². The second-order valence-corrected chi connectivity index (χ2v) is 4.27. The number of ether oxygens (including phenoxy) is 2. The lowest BCUT2D eigenvalue weighted by molar-refractivity contribution is -0.155. The Hall–Kier alpha value is -1.88. The number of nitrogens with one attached hydrogen (secondary N) is 1. The van der Waals surface area contributed by atoms with Gasteiger partial charge in [-0.3, -0.25) is 4.79 Å². The molecule has 1 atom stereocenters. The van der Waals surface area contributed by atoms with Crippen molar-refractivity contribution in [1.82, 2.24) is 5.32 Å². The van der Waals surface area contributed by atoms with Gasteiger partial charge >= 0.3 is 11.9 Å². The summed E-state index contributed by atoms with van der Waals surface area (Å²) in [4.78, 5) is 23.0. The van der Waals surface area contributed by atoms with Gasteiger partial charge in [-0.1, -0.05) is 30.3 Å². The molecule has 0 heterocycles. The molecule has 0 amide bonds. The first-order valence-corrected chi connectivity index (χ1v) is 5.98. The molecule has 0 aliphatic heterocycles. The van der Waals surface area contributed by atoms with Crippen LogP contribution in [0.15, 0.2) is 30.3 Å². The van der Waals surface area contributed by atoms with E-state index in [1.807, 2.05) is 30.3 Å². The summed E-state index contributed by atoms with van der Waals surface area (Å²) in [6.45, 7) is 1.24. The first kappa shape index (κ1) is 15.2. The maximum atomic E-state index is 12.0. The minimum Gasteiger partial charge on any atom is -0.468 e. The molecule has 0 aliphatic rings. The van der Waals surface area contributed by atoms with Crippen LogP contribution in [0, 0.1) is 0 Å². The lowest BCUT2D eigenvalue weighted by atomic mass is 9.91. The molecule has 1 aromatic carbocycles. The van der Waals surface area contributed by atoms with E-state index in [9.17, 15) is 9.59 Å². The van der Waals surface area contributed by atoms with Crippen LogP contribution in [-0.4, -0.2) is 38.2 Å². The van der Waals surface area contributed by atoms with Crippen LogP contribution in [0.4, 0.5) is 0 Å². The number of rotatable bonds is 6. The van der Waals surface area contributed by atoms with Crippen molar-refractivity contribution in [2.24, 2.45) is 0 Å². The van der Waals surface area contributed by atoms with Gasteiger partial charge in [0.05, 0.1) is 7.11 Å². The van der Waals surface area contributed by atoms with Crippen molar-refractivity contribution < 1.29 is 19.1 Å². The van der Waals surface area contributed by atoms with Gasteiger partial charge < -0.3 is 14.8 Å². The lowest BCUT2D eigenvalue weighted by Gasteiger charge is -2.30. The SMILES string of the molecule is CNC(COC(C)=O)(Cc1ccccc1)C(=O)OC. The Bertz CT molecular complexity index is 432. The summed E-state index contributed by atoms with van der Waals surface area (Å²) in [5.41, 5.74) is -0.115. The molecule has 0 fully saturated rings. The van der Waals surface area contributed by atoms with Crippen LogP contribution >= 0.6 is 0 Å². The van der Waals surface area contributed by atoms with Crippen molar-refractivity contribution in [1.29, 1.82) is 0 Å². The van der Waals surface area contributed by atoms with Gasteiger partial charge in [-0.2, -0.15) is 0 Å². The average Bonchev–Trinajstić information content (AvgIpc) is 2.43. The molecule has 1 N–H and O–H groups in total. The summed E-state index contributed by atoms with van der Waals surface area (Å²) >= 11 is 0. The normalized spacial score (nSPS) is 13.4. The van der Waals surface area contributed by atoms with E-state index < -0.39 is 17.5 Å². The van der Waals surface area contributed by atoms with Crippen LogP contribution in [0.5, 0.6) is 0 Å². The molecular formula is C14H19NO4. The van der Waals surface area contributed by atoms with Gasteiger partial charge in [-0.15, -0.1) is 0 Å². The molecule has 1 rings (SSSR count). The molecule has 5 heteroatoms. The Labute approximate surface area is 112 Å². The zero-order valence-corrected chi connectivity index (χ0v) is 11.4. The monoisotopic (exact) mass is 265 g/mol. The smallest absolute Gasteiger partial charge is 0.329 e. The van der Waals surface area contributed by atoms with Crippen LogP contribution in [0.25, 0.3) is 0 Å². The second kappa shape index (κ2) is 6.89. The molecule has 1 unspecified atom stereocenters. The Morgan fingerprint density at radius 3 is 2.37 bits per heavy atom. The Morgan fingerprint density at radius 2 is 1.89 bits per heavy atom. The van der Waals surface area contributed by atoms with Crippen molar-refractivity contribution in [3.05, 3.63) is 35.9 Å². The van der Waals surface area contributed by atoms with Crippen LogP contribution in [0.3, 0.4) is 0 Å². The molecule has 0 bridgehead atoms. The third kappa shape index (κ3) is 4.06. The summed E-state index contributed by atoms with van der Waals surface area (Å²) in [6.07, 6.45) is 0.379. The zero-order valence-electron chi connectivity index (χ0n) is 11.4. The third-order valence-electron chi connectivity index (χ3n) is 2.93. The molecule has 0 radical (unpaired) electrons. The van der Waals surface area contributed by atoms with Crippen LogP contribution in [0.1, 0.15) is 12.5 Å². The molecule has 1 aromatic rings. The molecule has 19 heavy (non-hydrogen) atoms. The number of carbonyl (C=O) groups is 2. The van der Waals surface area contributed by atoms with Gasteiger partial charge in [0.2, 0.25) is 0 Å². The number of methoxy groups -OCH3 is 1. The highest BCUT2D eigenvalue weighted by Crippen LogP contribution is 2.16. The van der Waals surface area contributed by atoms with Gasteiger partial charge in [0, 0.05) is 13.3 Å². The van der Waals surface area contributed by atoms with Crippen LogP contribution in [-0.2, 0) is 25.5 Å². The van der Waals surface area contributed by atoms with Crippen molar-refractivity contribution in [2.75, 3.05) is 20.8 Å². The summed E-state index contributed by atoms with van der Waals surface area (Å²) in [5, 5.41) is 2.92. The molecule has 0 aliphatic carbocycles. The molecule has 0 saturated carbocycles. The summed E-state index contributed by atoms with van der Waals surface area (Å²) < 4.78 is 9.81. The highest BCUT2D eigenvalue weighted by molar-refractivity contribution is 5.82. The minimum absolute atomic E-state index is 0.0690. The van der Waals surface area contributed by atoms with Crippen molar-refractivity contribution >= 4 is 11.9 Å². The summed E-state index contributed by atoms with van der Waals surface area (Å²) in [5.74, 6) is -0.892. The van der Waals surface area contributed by atoms with Crippen LogP contribution < -0.4 is 5.32 Å². The molecule has 0 aromatic heterocycles. The van der Waals surface area contributed by atoms with E-state index in [1.165, 1.54) is 14.0 Å². The highest BCUT2D eigenvalue weighted by Gasteiger charge is 2.39. The van der Waals surface area contributed by atoms with Gasteiger partial charge in [0.25, 0.3) is 0 Å². The van der Waals surface area contributed by atoms with E-state index in [4.69, 9.17) is 9.47 Å². The topological polar surface area (TPSA) is 64.6 Å². The number of likely N-dealkylation sites (N-methyl/N-ethyl adjacent to an activating group) is 1. The standard InChI is InChI=1S/C14H19NO4/c1-11(16)19-10-14(15-2,13(17)18-3)9-12-7-5-4-6-8-12/h4-8,15H,9-10H2,1-3H3. The molecule has 0 spiro atoms. The first-order valence-electron chi connectivity index (χ1n) is 5.98. The fraction of sp³-hybridized carbons (Fsp3) is 0.429. The highest BCUT2D eigenvalue weighted by atomic mass is 16.5. The molecular weight excluding hydrogens is 246 g/mol. The lowest BCUT2D eigenvalue weighted by Crippen LogP contribution is -2.56. The van der Waals surface area contributed by atoms with E-state index in [2.05, 4.69) is 5.32 Å². The number of benzene rings is 1. The Morgan fingerprint density at radius 1 is 1.26 bits per heavy atom. The van der Waals surface area contributed by atoms with E-state index >= 15 is 0 Å². The summed E-state index contributed by atoms with van der Waals surface area (Å²) in [7, 11) is 2.95. The Balaban J connectivity index is 2.95. The van der Waals surface area contributed by atoms with Gasteiger partial charge in [-0.25, -0.2) is 4.79 Å². The van der Waals surface area contributed by atoms with E-state index in [0.717, 1.165) is 5.56 Å². The third-order valence-corrected chi connectivity index (χ3v) is 2.93. The largest absolute Gasteiger partial charge is 0.468 e. The summed E-state index contributed by atoms with van der Waals surface area (Å²) in [6, 6.07) is 9.48. The van der Waals surface area contributed by atoms with Crippen molar-refractivity contribution in [3.63, 3.8) is 0 Å². The van der Waals surface area contributed by atoms with Crippen molar-refractivity contribution in [2.45, 2.75) is 18.9 Å². The van der Waals surface area contributed by atoms with E-state index in [-0.39, 0.29) is 6.61 Å². The minimum atomic E-state index is -1.07. The molecule has 104 valence electrons. The maximum absolute atomic E-state index is 12.0. The number of hydrogen-bond donors (Lipinski definition) is 1.